The molecule has 1 atom stereocenters. The standard InChI is InChI=1S/C14H29N3O/c1-4-8-17-9-5-6-14(7-10-17,13(15)18)16-11-12(2)3/h12,16H,4-11H2,1-3H3,(H2,15,18). The Labute approximate surface area is 111 Å². The number of amides is 1. The van der Waals surface area contributed by atoms with E-state index in [-0.39, 0.29) is 5.91 Å². The SMILES string of the molecule is CCCN1CCCC(NCC(C)C)(C(N)=O)CC1. The molecular formula is C14H29N3O. The molecule has 0 aromatic rings. The van der Waals surface area contributed by atoms with Crippen LogP contribution in [0.3, 0.4) is 0 Å². The van der Waals surface area contributed by atoms with E-state index in [0.717, 1.165) is 45.4 Å². The molecule has 0 radical (unpaired) electrons. The van der Waals surface area contributed by atoms with E-state index in [1.54, 1.807) is 0 Å². The highest BCUT2D eigenvalue weighted by Crippen LogP contribution is 2.22. The highest BCUT2D eigenvalue weighted by Gasteiger charge is 2.37. The van der Waals surface area contributed by atoms with Gasteiger partial charge in [-0.3, -0.25) is 4.79 Å². The highest BCUT2D eigenvalue weighted by atomic mass is 16.1. The Balaban J connectivity index is 2.64. The number of rotatable bonds is 6. The molecule has 0 spiro atoms. The first-order chi connectivity index (χ1) is 8.50. The van der Waals surface area contributed by atoms with E-state index >= 15 is 0 Å². The van der Waals surface area contributed by atoms with Gasteiger partial charge in [-0.05, 0) is 51.2 Å². The van der Waals surface area contributed by atoms with E-state index in [2.05, 4.69) is 31.0 Å². The number of nitrogens with zero attached hydrogens (tertiary/aromatic N) is 1. The predicted molar refractivity (Wildman–Crippen MR) is 75.3 cm³/mol. The summed E-state index contributed by atoms with van der Waals surface area (Å²) in [6.07, 6.45) is 3.93. The molecule has 1 unspecified atom stereocenters. The second-order valence-corrected chi connectivity index (χ2v) is 5.92. The van der Waals surface area contributed by atoms with Crippen molar-refractivity contribution in [2.45, 2.75) is 52.0 Å². The van der Waals surface area contributed by atoms with Crippen molar-refractivity contribution in [3.63, 3.8) is 0 Å². The highest BCUT2D eigenvalue weighted by molar-refractivity contribution is 5.84. The summed E-state index contributed by atoms with van der Waals surface area (Å²) in [6, 6.07) is 0. The molecule has 106 valence electrons. The summed E-state index contributed by atoms with van der Waals surface area (Å²) < 4.78 is 0. The maximum atomic E-state index is 11.8. The minimum atomic E-state index is -0.479. The molecule has 4 heteroatoms. The zero-order valence-electron chi connectivity index (χ0n) is 12.2. The second kappa shape index (κ2) is 7.10. The summed E-state index contributed by atoms with van der Waals surface area (Å²) in [7, 11) is 0. The fourth-order valence-corrected chi connectivity index (χ4v) is 2.64. The maximum Gasteiger partial charge on any atom is 0.237 e. The van der Waals surface area contributed by atoms with E-state index in [1.807, 2.05) is 0 Å². The lowest BCUT2D eigenvalue weighted by atomic mass is 9.89. The number of carbonyl (C=O) groups excluding carboxylic acids is 1. The largest absolute Gasteiger partial charge is 0.368 e. The number of carbonyl (C=O) groups is 1. The van der Waals surface area contributed by atoms with E-state index in [4.69, 9.17) is 5.73 Å². The van der Waals surface area contributed by atoms with Crippen LogP contribution in [0, 0.1) is 5.92 Å². The van der Waals surface area contributed by atoms with Gasteiger partial charge in [-0.1, -0.05) is 20.8 Å². The first-order valence-corrected chi connectivity index (χ1v) is 7.27. The molecule has 0 saturated carbocycles. The summed E-state index contributed by atoms with van der Waals surface area (Å²) in [6.45, 7) is 10.6. The van der Waals surface area contributed by atoms with Gasteiger partial charge in [-0.2, -0.15) is 0 Å². The Hall–Kier alpha value is -0.610. The zero-order valence-corrected chi connectivity index (χ0v) is 12.2. The van der Waals surface area contributed by atoms with Crippen molar-refractivity contribution in [2.75, 3.05) is 26.2 Å². The Morgan fingerprint density at radius 2 is 2.11 bits per heavy atom. The van der Waals surface area contributed by atoms with Gasteiger partial charge in [0.1, 0.15) is 0 Å². The molecule has 1 heterocycles. The third-order valence-electron chi connectivity index (χ3n) is 3.79. The van der Waals surface area contributed by atoms with Crippen LogP contribution >= 0.6 is 0 Å². The van der Waals surface area contributed by atoms with E-state index < -0.39 is 5.54 Å². The number of hydrogen-bond acceptors (Lipinski definition) is 3. The normalized spacial score (nSPS) is 26.2. The molecule has 1 fully saturated rings. The van der Waals surface area contributed by atoms with E-state index in [0.29, 0.717) is 5.92 Å². The average molecular weight is 255 g/mol. The molecule has 0 aromatic heterocycles. The topological polar surface area (TPSA) is 58.4 Å². The fourth-order valence-electron chi connectivity index (χ4n) is 2.64. The average Bonchev–Trinajstić information content (AvgIpc) is 2.51. The van der Waals surface area contributed by atoms with Gasteiger partial charge < -0.3 is 16.0 Å². The van der Waals surface area contributed by atoms with Crippen LogP contribution in [0.25, 0.3) is 0 Å². The number of primary amides is 1. The van der Waals surface area contributed by atoms with Crippen molar-refractivity contribution in [3.05, 3.63) is 0 Å². The molecule has 18 heavy (non-hydrogen) atoms. The lowest BCUT2D eigenvalue weighted by molar-refractivity contribution is -0.125. The molecule has 1 aliphatic rings. The van der Waals surface area contributed by atoms with Gasteiger partial charge in [0.15, 0.2) is 0 Å². The summed E-state index contributed by atoms with van der Waals surface area (Å²) in [5, 5.41) is 3.44. The van der Waals surface area contributed by atoms with Crippen molar-refractivity contribution in [2.24, 2.45) is 11.7 Å². The van der Waals surface area contributed by atoms with Crippen LogP contribution in [0.15, 0.2) is 0 Å². The van der Waals surface area contributed by atoms with Crippen molar-refractivity contribution in [3.8, 4) is 0 Å². The molecule has 0 aromatic carbocycles. The monoisotopic (exact) mass is 255 g/mol. The third kappa shape index (κ3) is 4.25. The molecule has 1 aliphatic heterocycles. The number of nitrogens with one attached hydrogen (secondary N) is 1. The van der Waals surface area contributed by atoms with Crippen molar-refractivity contribution in [1.82, 2.24) is 10.2 Å². The van der Waals surface area contributed by atoms with Crippen LogP contribution in [0.2, 0.25) is 0 Å². The van der Waals surface area contributed by atoms with Crippen molar-refractivity contribution < 1.29 is 4.79 Å². The van der Waals surface area contributed by atoms with Gasteiger partial charge in [0.05, 0.1) is 5.54 Å². The molecule has 1 rings (SSSR count). The van der Waals surface area contributed by atoms with Gasteiger partial charge in [-0.15, -0.1) is 0 Å². The van der Waals surface area contributed by atoms with E-state index in [9.17, 15) is 4.79 Å². The maximum absolute atomic E-state index is 11.8. The first kappa shape index (κ1) is 15.4. The Bertz CT molecular complexity index is 268. The molecule has 1 amide bonds. The molecular weight excluding hydrogens is 226 g/mol. The Morgan fingerprint density at radius 3 is 2.67 bits per heavy atom. The summed E-state index contributed by atoms with van der Waals surface area (Å²) in [5.41, 5.74) is 5.18. The number of likely N-dealkylation sites (tertiary alicyclic amines) is 1. The van der Waals surface area contributed by atoms with Gasteiger partial charge in [0.2, 0.25) is 5.91 Å². The number of nitrogens with two attached hydrogens (primary N) is 1. The van der Waals surface area contributed by atoms with Crippen LogP contribution in [-0.2, 0) is 4.79 Å². The van der Waals surface area contributed by atoms with Crippen LogP contribution in [-0.4, -0.2) is 42.5 Å². The molecule has 3 N–H and O–H groups in total. The van der Waals surface area contributed by atoms with Crippen LogP contribution < -0.4 is 11.1 Å². The Morgan fingerprint density at radius 1 is 1.39 bits per heavy atom. The van der Waals surface area contributed by atoms with Crippen molar-refractivity contribution in [1.29, 1.82) is 0 Å². The summed E-state index contributed by atoms with van der Waals surface area (Å²) in [4.78, 5) is 14.3. The molecule has 0 aliphatic carbocycles. The first-order valence-electron chi connectivity index (χ1n) is 7.27. The van der Waals surface area contributed by atoms with Crippen LogP contribution in [0.1, 0.15) is 46.5 Å². The molecule has 0 bridgehead atoms. The lowest BCUT2D eigenvalue weighted by Crippen LogP contribution is -2.56. The van der Waals surface area contributed by atoms with Gasteiger partial charge in [0, 0.05) is 6.54 Å². The van der Waals surface area contributed by atoms with Gasteiger partial charge in [0.25, 0.3) is 0 Å². The molecule has 4 nitrogen and oxygen atoms in total. The third-order valence-corrected chi connectivity index (χ3v) is 3.79. The smallest absolute Gasteiger partial charge is 0.237 e. The number of hydrogen-bond donors (Lipinski definition) is 2. The van der Waals surface area contributed by atoms with E-state index in [1.165, 1.54) is 6.42 Å². The molecule has 1 saturated heterocycles. The van der Waals surface area contributed by atoms with Crippen LogP contribution in [0.4, 0.5) is 0 Å². The Kier molecular flexibility index (Phi) is 6.09. The van der Waals surface area contributed by atoms with Gasteiger partial charge in [-0.25, -0.2) is 0 Å². The summed E-state index contributed by atoms with van der Waals surface area (Å²) >= 11 is 0. The fraction of sp³-hybridized carbons (Fsp3) is 0.929. The van der Waals surface area contributed by atoms with Gasteiger partial charge >= 0.3 is 0 Å². The van der Waals surface area contributed by atoms with Crippen LogP contribution in [0.5, 0.6) is 0 Å². The second-order valence-electron chi connectivity index (χ2n) is 5.92. The predicted octanol–water partition coefficient (Wildman–Crippen LogP) is 1.35. The minimum Gasteiger partial charge on any atom is -0.368 e. The summed E-state index contributed by atoms with van der Waals surface area (Å²) in [5.74, 6) is 0.359. The quantitative estimate of drug-likeness (QED) is 0.753. The minimum absolute atomic E-state index is 0.179. The lowest BCUT2D eigenvalue weighted by Gasteiger charge is -2.31. The van der Waals surface area contributed by atoms with Crippen molar-refractivity contribution >= 4 is 5.91 Å². The zero-order chi connectivity index (χ0) is 13.6.